The Morgan fingerprint density at radius 2 is 1.96 bits per heavy atom. The molecule has 0 aromatic carbocycles. The standard InChI is InChI=1S/C18H24N6O2/c25-17(2-1-16-20-3-4-21-16)22-13-9-14(10-13)23-18(26)12-7-15(8-12)24-6-5-19-11-24/h3-6,11-15H,1-2,7-10H2,(H,20,21)(H,22,25)(H,23,26). The lowest BCUT2D eigenvalue weighted by atomic mass is 9.78. The quantitative estimate of drug-likeness (QED) is 0.687. The summed E-state index contributed by atoms with van der Waals surface area (Å²) in [6.07, 6.45) is 13.4. The van der Waals surface area contributed by atoms with Gasteiger partial charge in [0.1, 0.15) is 5.82 Å². The second kappa shape index (κ2) is 7.31. The molecule has 2 aliphatic rings. The minimum atomic E-state index is 0.0401. The van der Waals surface area contributed by atoms with Gasteiger partial charge in [-0.05, 0) is 25.7 Å². The van der Waals surface area contributed by atoms with E-state index in [4.69, 9.17) is 0 Å². The van der Waals surface area contributed by atoms with E-state index >= 15 is 0 Å². The van der Waals surface area contributed by atoms with Crippen LogP contribution in [0.4, 0.5) is 0 Å². The molecule has 2 aromatic heterocycles. The number of H-pyrrole nitrogens is 1. The van der Waals surface area contributed by atoms with Gasteiger partial charge in [-0.25, -0.2) is 9.97 Å². The fraction of sp³-hybridized carbons (Fsp3) is 0.556. The Hall–Kier alpha value is -2.64. The summed E-state index contributed by atoms with van der Waals surface area (Å²) < 4.78 is 2.07. The SMILES string of the molecule is O=C(CCc1ncc[nH]1)NC1CC(NC(=O)C2CC(n3ccnc3)C2)C1. The lowest BCUT2D eigenvalue weighted by Gasteiger charge is -2.40. The van der Waals surface area contributed by atoms with Gasteiger partial charge in [-0.2, -0.15) is 0 Å². The van der Waals surface area contributed by atoms with Crippen molar-refractivity contribution in [2.45, 2.75) is 56.7 Å². The monoisotopic (exact) mass is 356 g/mol. The number of hydrogen-bond acceptors (Lipinski definition) is 4. The molecule has 2 amide bonds. The van der Waals surface area contributed by atoms with E-state index in [1.54, 1.807) is 18.6 Å². The zero-order valence-electron chi connectivity index (χ0n) is 14.6. The number of amides is 2. The van der Waals surface area contributed by atoms with Crippen molar-refractivity contribution in [3.8, 4) is 0 Å². The predicted molar refractivity (Wildman–Crippen MR) is 94.0 cm³/mol. The molecule has 0 unspecified atom stereocenters. The van der Waals surface area contributed by atoms with Gasteiger partial charge in [-0.3, -0.25) is 9.59 Å². The van der Waals surface area contributed by atoms with E-state index in [1.165, 1.54) is 0 Å². The molecule has 2 fully saturated rings. The molecule has 8 heteroatoms. The first kappa shape index (κ1) is 16.8. The van der Waals surface area contributed by atoms with Crippen LogP contribution in [0.2, 0.25) is 0 Å². The number of aryl methyl sites for hydroxylation is 1. The molecule has 3 N–H and O–H groups in total. The number of aromatic amines is 1. The molecule has 26 heavy (non-hydrogen) atoms. The van der Waals surface area contributed by atoms with Crippen LogP contribution in [-0.2, 0) is 16.0 Å². The maximum atomic E-state index is 12.3. The second-order valence-electron chi connectivity index (χ2n) is 7.31. The molecule has 0 atom stereocenters. The van der Waals surface area contributed by atoms with Gasteiger partial charge < -0.3 is 20.2 Å². The molecular formula is C18H24N6O2. The minimum Gasteiger partial charge on any atom is -0.353 e. The first-order valence-electron chi connectivity index (χ1n) is 9.23. The zero-order valence-corrected chi connectivity index (χ0v) is 14.6. The van der Waals surface area contributed by atoms with Crippen LogP contribution in [0.1, 0.15) is 44.0 Å². The molecule has 2 aliphatic carbocycles. The first-order chi connectivity index (χ1) is 12.7. The minimum absolute atomic E-state index is 0.0401. The Morgan fingerprint density at radius 1 is 1.15 bits per heavy atom. The predicted octanol–water partition coefficient (Wildman–Crippen LogP) is 0.953. The van der Waals surface area contributed by atoms with Crippen LogP contribution >= 0.6 is 0 Å². The van der Waals surface area contributed by atoms with Gasteiger partial charge in [0.15, 0.2) is 0 Å². The number of nitrogens with zero attached hydrogens (tertiary/aromatic N) is 3. The van der Waals surface area contributed by atoms with Gasteiger partial charge in [-0.1, -0.05) is 0 Å². The topological polar surface area (TPSA) is 105 Å². The second-order valence-corrected chi connectivity index (χ2v) is 7.31. The van der Waals surface area contributed by atoms with Crippen molar-refractivity contribution in [1.82, 2.24) is 30.2 Å². The normalized spacial score (nSPS) is 27.2. The van der Waals surface area contributed by atoms with Gasteiger partial charge in [0, 0.05) is 61.7 Å². The number of rotatable bonds is 7. The Labute approximate surface area is 151 Å². The number of aromatic nitrogens is 4. The molecule has 8 nitrogen and oxygen atoms in total. The number of carbonyl (C=O) groups is 2. The van der Waals surface area contributed by atoms with E-state index < -0.39 is 0 Å². The lowest BCUT2D eigenvalue weighted by molar-refractivity contribution is -0.130. The molecular weight excluding hydrogens is 332 g/mol. The highest BCUT2D eigenvalue weighted by atomic mass is 16.2. The van der Waals surface area contributed by atoms with Crippen molar-refractivity contribution in [2.75, 3.05) is 0 Å². The van der Waals surface area contributed by atoms with E-state index in [9.17, 15) is 9.59 Å². The highest BCUT2D eigenvalue weighted by Crippen LogP contribution is 2.38. The summed E-state index contributed by atoms with van der Waals surface area (Å²) in [5.74, 6) is 1.12. The molecule has 138 valence electrons. The summed E-state index contributed by atoms with van der Waals surface area (Å²) in [5, 5.41) is 6.13. The molecule has 2 heterocycles. The van der Waals surface area contributed by atoms with Crippen molar-refractivity contribution in [3.63, 3.8) is 0 Å². The van der Waals surface area contributed by atoms with Crippen LogP contribution < -0.4 is 10.6 Å². The Bertz CT molecular complexity index is 730. The van der Waals surface area contributed by atoms with Gasteiger partial charge in [0.05, 0.1) is 6.33 Å². The fourth-order valence-corrected chi connectivity index (χ4v) is 3.67. The zero-order chi connectivity index (χ0) is 17.9. The van der Waals surface area contributed by atoms with E-state index in [-0.39, 0.29) is 29.8 Å². The van der Waals surface area contributed by atoms with Crippen molar-refractivity contribution in [2.24, 2.45) is 5.92 Å². The van der Waals surface area contributed by atoms with Gasteiger partial charge in [-0.15, -0.1) is 0 Å². The summed E-state index contributed by atoms with van der Waals surface area (Å²) in [6.45, 7) is 0. The summed E-state index contributed by atoms with van der Waals surface area (Å²) in [7, 11) is 0. The van der Waals surface area contributed by atoms with Crippen LogP contribution in [-0.4, -0.2) is 43.4 Å². The van der Waals surface area contributed by atoms with E-state index in [2.05, 4.69) is 30.2 Å². The van der Waals surface area contributed by atoms with Crippen molar-refractivity contribution in [3.05, 3.63) is 36.9 Å². The Morgan fingerprint density at radius 3 is 2.65 bits per heavy atom. The highest BCUT2D eigenvalue weighted by Gasteiger charge is 2.38. The number of carbonyl (C=O) groups excluding carboxylic acids is 2. The van der Waals surface area contributed by atoms with Crippen molar-refractivity contribution < 1.29 is 9.59 Å². The molecule has 0 saturated heterocycles. The van der Waals surface area contributed by atoms with Crippen LogP contribution in [0.15, 0.2) is 31.1 Å². The summed E-state index contributed by atoms with van der Waals surface area (Å²) >= 11 is 0. The van der Waals surface area contributed by atoms with E-state index in [1.807, 2.05) is 12.5 Å². The van der Waals surface area contributed by atoms with Gasteiger partial charge in [0.25, 0.3) is 0 Å². The fourth-order valence-electron chi connectivity index (χ4n) is 3.67. The third kappa shape index (κ3) is 3.79. The third-order valence-corrected chi connectivity index (χ3v) is 5.42. The van der Waals surface area contributed by atoms with Crippen LogP contribution in [0.5, 0.6) is 0 Å². The number of imidazole rings is 2. The van der Waals surface area contributed by atoms with Crippen LogP contribution in [0.3, 0.4) is 0 Å². The lowest BCUT2D eigenvalue weighted by Crippen LogP contribution is -2.55. The number of nitrogens with one attached hydrogen (secondary N) is 3. The smallest absolute Gasteiger partial charge is 0.223 e. The Balaban J connectivity index is 1.10. The molecule has 4 rings (SSSR count). The van der Waals surface area contributed by atoms with Crippen LogP contribution in [0.25, 0.3) is 0 Å². The summed E-state index contributed by atoms with van der Waals surface area (Å²) in [5.41, 5.74) is 0. The molecule has 0 spiro atoms. The van der Waals surface area contributed by atoms with Crippen molar-refractivity contribution in [1.29, 1.82) is 0 Å². The van der Waals surface area contributed by atoms with E-state index in [0.717, 1.165) is 31.5 Å². The first-order valence-corrected chi connectivity index (χ1v) is 9.23. The average molecular weight is 356 g/mol. The van der Waals surface area contributed by atoms with Gasteiger partial charge in [0.2, 0.25) is 11.8 Å². The molecule has 2 saturated carbocycles. The number of hydrogen-bond donors (Lipinski definition) is 3. The maximum Gasteiger partial charge on any atom is 0.223 e. The molecule has 0 aliphatic heterocycles. The summed E-state index contributed by atoms with van der Waals surface area (Å²) in [4.78, 5) is 35.4. The molecule has 0 radical (unpaired) electrons. The third-order valence-electron chi connectivity index (χ3n) is 5.42. The largest absolute Gasteiger partial charge is 0.353 e. The highest BCUT2D eigenvalue weighted by molar-refractivity contribution is 5.80. The van der Waals surface area contributed by atoms with Crippen molar-refractivity contribution >= 4 is 11.8 Å². The maximum absolute atomic E-state index is 12.3. The average Bonchev–Trinajstić information content (AvgIpc) is 3.23. The molecule has 0 bridgehead atoms. The summed E-state index contributed by atoms with van der Waals surface area (Å²) in [6, 6.07) is 0.755. The van der Waals surface area contributed by atoms with Gasteiger partial charge >= 0.3 is 0 Å². The van der Waals surface area contributed by atoms with E-state index in [0.29, 0.717) is 18.9 Å². The Kier molecular flexibility index (Phi) is 4.73. The van der Waals surface area contributed by atoms with Crippen LogP contribution in [0, 0.1) is 5.92 Å². The molecule has 2 aromatic rings.